The van der Waals surface area contributed by atoms with Gasteiger partial charge in [-0.05, 0) is 49.5 Å². The summed E-state index contributed by atoms with van der Waals surface area (Å²) < 4.78 is 25.2. The van der Waals surface area contributed by atoms with Gasteiger partial charge in [-0.15, -0.1) is 0 Å². The monoisotopic (exact) mass is 555 g/mol. The summed E-state index contributed by atoms with van der Waals surface area (Å²) in [5.74, 6) is -0.477. The Hall–Kier alpha value is -2.36. The van der Waals surface area contributed by atoms with E-state index >= 15 is 0 Å². The van der Waals surface area contributed by atoms with Crippen molar-refractivity contribution in [3.05, 3.63) is 71.8 Å². The lowest BCUT2D eigenvalue weighted by Crippen LogP contribution is -2.59. The number of cyclic esters (lactones) is 1. The number of nitrogens with zero attached hydrogens (tertiary/aromatic N) is 1. The first kappa shape index (κ1) is 31.2. The maximum Gasteiger partial charge on any atom is 0.328 e. The zero-order valence-electron chi connectivity index (χ0n) is 24.6. The Balaban J connectivity index is 2.02. The van der Waals surface area contributed by atoms with Crippen LogP contribution in [0.5, 0.6) is 0 Å². The normalized spacial score (nSPS) is 21.0. The lowest BCUT2D eigenvalue weighted by atomic mass is 9.97. The molecule has 0 aromatic heterocycles. The fourth-order valence-electron chi connectivity index (χ4n) is 4.13. The molecule has 1 saturated heterocycles. The zero-order valence-corrected chi connectivity index (χ0v) is 25.6. The van der Waals surface area contributed by atoms with E-state index in [1.54, 1.807) is 18.9 Å². The summed E-state index contributed by atoms with van der Waals surface area (Å²) in [4.78, 5) is 26.8. The van der Waals surface area contributed by atoms with Crippen LogP contribution in [0.3, 0.4) is 0 Å². The van der Waals surface area contributed by atoms with E-state index in [0.717, 1.165) is 11.1 Å². The summed E-state index contributed by atoms with van der Waals surface area (Å²) in [6.45, 7) is 15.2. The molecule has 1 aliphatic rings. The highest BCUT2D eigenvalue weighted by atomic mass is 28.4. The van der Waals surface area contributed by atoms with Gasteiger partial charge < -0.3 is 18.7 Å². The number of hydroxylamine groups is 2. The van der Waals surface area contributed by atoms with Gasteiger partial charge in [0.1, 0.15) is 11.7 Å². The SMILES string of the molecule is CC1(C)O[C@H](COCc2ccccc2)[C@H](N(Cc2ccccc2)O[Si](C)(C)C(C)(C)C)C(=O)OCCCC1=O. The van der Waals surface area contributed by atoms with Crippen molar-refractivity contribution in [2.75, 3.05) is 13.2 Å². The highest BCUT2D eigenvalue weighted by molar-refractivity contribution is 6.74. The molecule has 7 nitrogen and oxygen atoms in total. The highest BCUT2D eigenvalue weighted by Gasteiger charge is 2.47. The lowest BCUT2D eigenvalue weighted by molar-refractivity contribution is -0.212. The molecule has 1 fully saturated rings. The molecule has 1 aliphatic heterocycles. The van der Waals surface area contributed by atoms with Crippen molar-refractivity contribution in [3.8, 4) is 0 Å². The quantitative estimate of drug-likeness (QED) is 0.211. The Morgan fingerprint density at radius 3 is 2.15 bits per heavy atom. The Kier molecular flexibility index (Phi) is 10.7. The minimum Gasteiger partial charge on any atom is -0.464 e. The number of rotatable bonds is 9. The van der Waals surface area contributed by atoms with Gasteiger partial charge in [0.15, 0.2) is 11.8 Å². The Labute approximate surface area is 234 Å². The predicted octanol–water partition coefficient (Wildman–Crippen LogP) is 6.08. The van der Waals surface area contributed by atoms with E-state index in [1.807, 2.05) is 60.7 Å². The van der Waals surface area contributed by atoms with Crippen LogP contribution >= 0.6 is 0 Å². The van der Waals surface area contributed by atoms with Gasteiger partial charge in [-0.25, -0.2) is 0 Å². The summed E-state index contributed by atoms with van der Waals surface area (Å²) in [6, 6.07) is 18.8. The minimum absolute atomic E-state index is 0.0350. The number of hydrogen-bond acceptors (Lipinski definition) is 7. The van der Waals surface area contributed by atoms with Crippen LogP contribution < -0.4 is 0 Å². The average Bonchev–Trinajstić information content (AvgIpc) is 2.86. The van der Waals surface area contributed by atoms with Crippen LogP contribution in [0.15, 0.2) is 60.7 Å². The largest absolute Gasteiger partial charge is 0.464 e. The predicted molar refractivity (Wildman–Crippen MR) is 154 cm³/mol. The first-order chi connectivity index (χ1) is 18.3. The molecule has 0 bridgehead atoms. The Bertz CT molecular complexity index is 1070. The van der Waals surface area contributed by atoms with Gasteiger partial charge in [-0.1, -0.05) is 81.4 Å². The van der Waals surface area contributed by atoms with Gasteiger partial charge in [-0.3, -0.25) is 9.59 Å². The van der Waals surface area contributed by atoms with E-state index < -0.39 is 32.0 Å². The highest BCUT2D eigenvalue weighted by Crippen LogP contribution is 2.38. The third kappa shape index (κ3) is 8.81. The molecule has 2 aromatic rings. The number of hydrogen-bond donors (Lipinski definition) is 0. The Morgan fingerprint density at radius 1 is 0.974 bits per heavy atom. The minimum atomic E-state index is -2.39. The second-order valence-corrected chi connectivity index (χ2v) is 16.9. The topological polar surface area (TPSA) is 74.3 Å². The van der Waals surface area contributed by atoms with E-state index in [2.05, 4.69) is 33.9 Å². The molecular formula is C31H45NO6Si. The van der Waals surface area contributed by atoms with Gasteiger partial charge in [0.2, 0.25) is 8.32 Å². The molecule has 3 rings (SSSR count). The van der Waals surface area contributed by atoms with Gasteiger partial charge >= 0.3 is 5.97 Å². The number of benzene rings is 2. The molecule has 0 aliphatic carbocycles. The standard InChI is InChI=1S/C31H45NO6Si/c1-30(2,3)39(6,7)38-32(21-24-15-10-8-11-16-24)28-26(23-35-22-25-17-12-9-13-18-25)37-31(4,5)27(33)19-14-20-36-29(28)34/h8-13,15-18,26,28H,14,19-23H2,1-7H3/t26-,28+/m1/s1. The van der Waals surface area contributed by atoms with E-state index in [0.29, 0.717) is 19.6 Å². The summed E-state index contributed by atoms with van der Waals surface area (Å²) in [7, 11) is -2.39. The first-order valence-electron chi connectivity index (χ1n) is 13.8. The second-order valence-electron chi connectivity index (χ2n) is 12.2. The van der Waals surface area contributed by atoms with Crippen molar-refractivity contribution in [1.29, 1.82) is 0 Å². The van der Waals surface area contributed by atoms with Crippen LogP contribution in [0.25, 0.3) is 0 Å². The third-order valence-corrected chi connectivity index (χ3v) is 11.8. The van der Waals surface area contributed by atoms with Crippen molar-refractivity contribution < 1.29 is 28.3 Å². The molecule has 0 amide bonds. The molecule has 0 unspecified atom stereocenters. The molecule has 0 spiro atoms. The van der Waals surface area contributed by atoms with Crippen molar-refractivity contribution in [1.82, 2.24) is 5.06 Å². The molecule has 0 radical (unpaired) electrons. The van der Waals surface area contributed by atoms with Crippen LogP contribution in [-0.4, -0.2) is 56.1 Å². The summed E-state index contributed by atoms with van der Waals surface area (Å²) in [6.07, 6.45) is -0.0932. The van der Waals surface area contributed by atoms with E-state index in [4.69, 9.17) is 18.7 Å². The van der Waals surface area contributed by atoms with Gasteiger partial charge in [0.05, 0.1) is 19.8 Å². The summed E-state index contributed by atoms with van der Waals surface area (Å²) >= 11 is 0. The van der Waals surface area contributed by atoms with Crippen LogP contribution in [0.4, 0.5) is 0 Å². The number of carbonyl (C=O) groups is 2. The third-order valence-electron chi connectivity index (χ3n) is 7.54. The molecule has 214 valence electrons. The summed E-state index contributed by atoms with van der Waals surface area (Å²) in [5, 5.41) is 1.62. The molecule has 1 heterocycles. The zero-order chi connectivity index (χ0) is 28.7. The molecular weight excluding hydrogens is 510 g/mol. The maximum atomic E-state index is 13.8. The van der Waals surface area contributed by atoms with Gasteiger partial charge in [-0.2, -0.15) is 5.06 Å². The smallest absolute Gasteiger partial charge is 0.328 e. The fourth-order valence-corrected chi connectivity index (χ4v) is 5.17. The van der Waals surface area contributed by atoms with Gasteiger partial charge in [0.25, 0.3) is 0 Å². The van der Waals surface area contributed by atoms with Crippen molar-refractivity contribution in [2.24, 2.45) is 0 Å². The lowest BCUT2D eigenvalue weighted by Gasteiger charge is -2.44. The van der Waals surface area contributed by atoms with E-state index in [1.165, 1.54) is 0 Å². The van der Waals surface area contributed by atoms with Crippen molar-refractivity contribution in [2.45, 2.75) is 96.5 Å². The van der Waals surface area contributed by atoms with Crippen molar-refractivity contribution in [3.63, 3.8) is 0 Å². The van der Waals surface area contributed by atoms with E-state index in [9.17, 15) is 9.59 Å². The van der Waals surface area contributed by atoms with E-state index in [-0.39, 0.29) is 30.5 Å². The van der Waals surface area contributed by atoms with Crippen LogP contribution in [0.2, 0.25) is 18.1 Å². The van der Waals surface area contributed by atoms with Crippen LogP contribution in [-0.2, 0) is 41.5 Å². The van der Waals surface area contributed by atoms with Crippen LogP contribution in [0.1, 0.15) is 58.6 Å². The molecule has 39 heavy (non-hydrogen) atoms. The molecule has 0 saturated carbocycles. The number of Topliss-reactive ketones (excluding diaryl/α,β-unsaturated/α-hetero) is 1. The molecule has 8 heteroatoms. The van der Waals surface area contributed by atoms with Crippen LogP contribution in [0, 0.1) is 0 Å². The fraction of sp³-hybridized carbons (Fsp3) is 0.548. The number of ether oxygens (including phenoxy) is 3. The molecule has 2 aromatic carbocycles. The van der Waals surface area contributed by atoms with Gasteiger partial charge in [0, 0.05) is 13.0 Å². The van der Waals surface area contributed by atoms with Crippen molar-refractivity contribution >= 4 is 20.1 Å². The average molecular weight is 556 g/mol. The number of ketones is 1. The second kappa shape index (κ2) is 13.3. The molecule has 2 atom stereocenters. The number of carbonyl (C=O) groups excluding carboxylic acids is 2. The number of esters is 1. The summed E-state index contributed by atoms with van der Waals surface area (Å²) in [5.41, 5.74) is 0.886. The molecule has 0 N–H and O–H groups in total. The first-order valence-corrected chi connectivity index (χ1v) is 16.7. The maximum absolute atomic E-state index is 13.8. The Morgan fingerprint density at radius 2 is 1.56 bits per heavy atom.